The Morgan fingerprint density at radius 3 is 2.41 bits per heavy atom. The maximum Gasteiger partial charge on any atom is 0.340 e. The van der Waals surface area contributed by atoms with Gasteiger partial charge in [-0.25, -0.2) is 14.8 Å². The average Bonchev–Trinajstić information content (AvgIpc) is 2.69. The van der Waals surface area contributed by atoms with E-state index < -0.39 is 0 Å². The van der Waals surface area contributed by atoms with Crippen molar-refractivity contribution in [2.45, 2.75) is 6.92 Å². The quantitative estimate of drug-likeness (QED) is 0.609. The molecule has 0 bridgehead atoms. The van der Waals surface area contributed by atoms with Gasteiger partial charge in [-0.2, -0.15) is 0 Å². The zero-order valence-electron chi connectivity index (χ0n) is 15.1. The van der Waals surface area contributed by atoms with Crippen molar-refractivity contribution in [1.82, 2.24) is 9.97 Å². The molecule has 0 saturated carbocycles. The number of nitrogens with one attached hydrogen (secondary N) is 2. The second-order valence-corrected chi connectivity index (χ2v) is 5.53. The molecule has 0 radical (unpaired) electrons. The van der Waals surface area contributed by atoms with Crippen molar-refractivity contribution in [3.63, 3.8) is 0 Å². The maximum absolute atomic E-state index is 12.1. The second-order valence-electron chi connectivity index (χ2n) is 5.53. The van der Waals surface area contributed by atoms with Crippen LogP contribution >= 0.6 is 0 Å². The molecule has 0 atom stereocenters. The van der Waals surface area contributed by atoms with Gasteiger partial charge in [-0.05, 0) is 43.3 Å². The van der Waals surface area contributed by atoms with Gasteiger partial charge >= 0.3 is 5.97 Å². The van der Waals surface area contributed by atoms with E-state index in [1.54, 1.807) is 38.3 Å². The van der Waals surface area contributed by atoms with Crippen molar-refractivity contribution in [1.29, 1.82) is 0 Å². The molecular weight excluding hydrogens is 344 g/mol. The van der Waals surface area contributed by atoms with Gasteiger partial charge in [0.05, 0.1) is 25.0 Å². The number of ether oxygens (including phenoxy) is 2. The molecular formula is C20H20N4O3. The topological polar surface area (TPSA) is 85.4 Å². The van der Waals surface area contributed by atoms with E-state index in [2.05, 4.69) is 20.6 Å². The number of anilines is 4. The summed E-state index contributed by atoms with van der Waals surface area (Å²) in [5.74, 6) is 1.57. The van der Waals surface area contributed by atoms with E-state index in [0.29, 0.717) is 29.5 Å². The summed E-state index contributed by atoms with van der Waals surface area (Å²) in [7, 11) is 1.62. The first-order valence-electron chi connectivity index (χ1n) is 8.46. The third kappa shape index (κ3) is 4.72. The van der Waals surface area contributed by atoms with E-state index in [4.69, 9.17) is 9.47 Å². The first-order valence-corrected chi connectivity index (χ1v) is 8.46. The van der Waals surface area contributed by atoms with E-state index in [1.165, 1.54) is 6.33 Å². The molecule has 0 unspecified atom stereocenters. The van der Waals surface area contributed by atoms with E-state index in [-0.39, 0.29) is 5.97 Å². The van der Waals surface area contributed by atoms with Gasteiger partial charge in [-0.15, -0.1) is 0 Å². The first kappa shape index (κ1) is 18.2. The average molecular weight is 364 g/mol. The van der Waals surface area contributed by atoms with Crippen LogP contribution in [0, 0.1) is 0 Å². The predicted molar refractivity (Wildman–Crippen MR) is 104 cm³/mol. The lowest BCUT2D eigenvalue weighted by molar-refractivity contribution is 0.0527. The highest BCUT2D eigenvalue weighted by molar-refractivity contribution is 5.96. The molecule has 2 aromatic carbocycles. The zero-order chi connectivity index (χ0) is 19.1. The smallest absolute Gasteiger partial charge is 0.340 e. The van der Waals surface area contributed by atoms with E-state index in [1.807, 2.05) is 30.3 Å². The molecule has 0 amide bonds. The minimum Gasteiger partial charge on any atom is -0.497 e. The second kappa shape index (κ2) is 8.66. The van der Waals surface area contributed by atoms with Gasteiger partial charge < -0.3 is 20.1 Å². The van der Waals surface area contributed by atoms with E-state index >= 15 is 0 Å². The third-order valence-corrected chi connectivity index (χ3v) is 3.71. The molecule has 7 heteroatoms. The highest BCUT2D eigenvalue weighted by atomic mass is 16.5. The van der Waals surface area contributed by atoms with E-state index in [0.717, 1.165) is 11.4 Å². The number of esters is 1. The van der Waals surface area contributed by atoms with Crippen LogP contribution in [0.3, 0.4) is 0 Å². The zero-order valence-corrected chi connectivity index (χ0v) is 15.1. The number of hydrogen-bond donors (Lipinski definition) is 2. The number of benzene rings is 2. The van der Waals surface area contributed by atoms with Crippen LogP contribution in [0.4, 0.5) is 23.0 Å². The van der Waals surface area contributed by atoms with Gasteiger partial charge in [0.1, 0.15) is 23.7 Å². The van der Waals surface area contributed by atoms with Crippen molar-refractivity contribution < 1.29 is 14.3 Å². The van der Waals surface area contributed by atoms with Crippen LogP contribution in [0.2, 0.25) is 0 Å². The normalized spacial score (nSPS) is 10.1. The van der Waals surface area contributed by atoms with Gasteiger partial charge in [-0.1, -0.05) is 12.1 Å². The number of aromatic nitrogens is 2. The molecule has 1 aromatic heterocycles. The van der Waals surface area contributed by atoms with Crippen LogP contribution in [0.1, 0.15) is 17.3 Å². The SMILES string of the molecule is CCOC(=O)c1ccccc1Nc1cc(Nc2ccc(OC)cc2)ncn1. The molecule has 0 aliphatic rings. The molecule has 1 heterocycles. The molecule has 27 heavy (non-hydrogen) atoms. The van der Waals surface area contributed by atoms with Crippen LogP contribution in [-0.4, -0.2) is 29.7 Å². The number of carbonyl (C=O) groups excluding carboxylic acids is 1. The monoisotopic (exact) mass is 364 g/mol. The maximum atomic E-state index is 12.1. The fraction of sp³-hybridized carbons (Fsp3) is 0.150. The summed E-state index contributed by atoms with van der Waals surface area (Å²) in [6.45, 7) is 2.09. The molecule has 7 nitrogen and oxygen atoms in total. The fourth-order valence-electron chi connectivity index (χ4n) is 2.43. The predicted octanol–water partition coefficient (Wildman–Crippen LogP) is 4.15. The van der Waals surface area contributed by atoms with E-state index in [9.17, 15) is 4.79 Å². The Morgan fingerprint density at radius 1 is 1.00 bits per heavy atom. The lowest BCUT2D eigenvalue weighted by Gasteiger charge is -2.12. The highest BCUT2D eigenvalue weighted by Crippen LogP contribution is 2.23. The Hall–Kier alpha value is -3.61. The molecule has 3 aromatic rings. The van der Waals surface area contributed by atoms with Crippen LogP contribution < -0.4 is 15.4 Å². The van der Waals surface area contributed by atoms with Gasteiger partial charge in [0.25, 0.3) is 0 Å². The number of para-hydroxylation sites is 1. The number of rotatable bonds is 7. The Bertz CT molecular complexity index is 913. The summed E-state index contributed by atoms with van der Waals surface area (Å²) >= 11 is 0. The summed E-state index contributed by atoms with van der Waals surface area (Å²) in [5.41, 5.74) is 1.93. The summed E-state index contributed by atoms with van der Waals surface area (Å²) < 4.78 is 10.2. The number of nitrogens with zero attached hydrogens (tertiary/aromatic N) is 2. The number of carbonyl (C=O) groups is 1. The van der Waals surface area contributed by atoms with Gasteiger partial charge in [-0.3, -0.25) is 0 Å². The summed E-state index contributed by atoms with van der Waals surface area (Å²) in [4.78, 5) is 20.5. The summed E-state index contributed by atoms with van der Waals surface area (Å²) in [6, 6.07) is 16.4. The molecule has 3 rings (SSSR count). The third-order valence-electron chi connectivity index (χ3n) is 3.71. The molecule has 0 saturated heterocycles. The fourth-order valence-corrected chi connectivity index (χ4v) is 2.43. The summed E-state index contributed by atoms with van der Waals surface area (Å²) in [6.07, 6.45) is 1.45. The van der Waals surface area contributed by atoms with Crippen LogP contribution in [0.25, 0.3) is 0 Å². The Labute approximate surface area is 157 Å². The Balaban J connectivity index is 1.77. The number of hydrogen-bond acceptors (Lipinski definition) is 7. The minimum absolute atomic E-state index is 0.316. The lowest BCUT2D eigenvalue weighted by atomic mass is 10.2. The lowest BCUT2D eigenvalue weighted by Crippen LogP contribution is -2.08. The summed E-state index contributed by atoms with van der Waals surface area (Å²) in [5, 5.41) is 6.35. The highest BCUT2D eigenvalue weighted by Gasteiger charge is 2.12. The Morgan fingerprint density at radius 2 is 1.70 bits per heavy atom. The molecule has 0 aliphatic carbocycles. The minimum atomic E-state index is -0.383. The van der Waals surface area contributed by atoms with Crippen molar-refractivity contribution in [3.8, 4) is 5.75 Å². The van der Waals surface area contributed by atoms with Crippen molar-refractivity contribution in [3.05, 3.63) is 66.5 Å². The van der Waals surface area contributed by atoms with Crippen molar-refractivity contribution in [2.24, 2.45) is 0 Å². The van der Waals surface area contributed by atoms with Crippen LogP contribution in [0.5, 0.6) is 5.75 Å². The molecule has 138 valence electrons. The van der Waals surface area contributed by atoms with Crippen molar-refractivity contribution >= 4 is 29.0 Å². The van der Waals surface area contributed by atoms with Gasteiger partial charge in [0.15, 0.2) is 0 Å². The van der Waals surface area contributed by atoms with Crippen LogP contribution in [-0.2, 0) is 4.74 Å². The standard InChI is InChI=1S/C20H20N4O3/c1-3-27-20(25)16-6-4-5-7-17(16)24-19-12-18(21-13-22-19)23-14-8-10-15(26-2)11-9-14/h4-13H,3H2,1-2H3,(H2,21,22,23,24). The molecule has 2 N–H and O–H groups in total. The number of methoxy groups -OCH3 is 1. The van der Waals surface area contributed by atoms with Crippen molar-refractivity contribution in [2.75, 3.05) is 24.4 Å². The molecule has 0 aliphatic heterocycles. The van der Waals surface area contributed by atoms with Gasteiger partial charge in [0.2, 0.25) is 0 Å². The molecule has 0 spiro atoms. The first-order chi connectivity index (χ1) is 13.2. The van der Waals surface area contributed by atoms with Gasteiger partial charge in [0, 0.05) is 11.8 Å². The van der Waals surface area contributed by atoms with Crippen LogP contribution in [0.15, 0.2) is 60.9 Å². The Kier molecular flexibility index (Phi) is 5.84. The molecule has 0 fully saturated rings. The largest absolute Gasteiger partial charge is 0.497 e.